The van der Waals surface area contributed by atoms with Crippen molar-refractivity contribution in [2.45, 2.75) is 19.3 Å². The number of pyridine rings is 1. The van der Waals surface area contributed by atoms with Gasteiger partial charge < -0.3 is 14.1 Å². The summed E-state index contributed by atoms with van der Waals surface area (Å²) in [6.07, 6.45) is 8.55. The van der Waals surface area contributed by atoms with Gasteiger partial charge in [-0.2, -0.15) is 0 Å². The first kappa shape index (κ1) is 20.9. The van der Waals surface area contributed by atoms with Crippen LogP contribution in [-0.4, -0.2) is 45.8 Å². The number of anilines is 1. The Morgan fingerprint density at radius 2 is 1.89 bits per heavy atom. The lowest BCUT2D eigenvalue weighted by Gasteiger charge is -2.29. The number of nitrogens with zero attached hydrogens (tertiary/aromatic N) is 5. The van der Waals surface area contributed by atoms with Crippen LogP contribution in [0.4, 0.5) is 5.69 Å². The third-order valence-corrected chi connectivity index (χ3v) is 7.27. The average Bonchev–Trinajstić information content (AvgIpc) is 3.39. The van der Waals surface area contributed by atoms with Crippen molar-refractivity contribution < 1.29 is 9.15 Å². The van der Waals surface area contributed by atoms with Gasteiger partial charge in [-0.25, -0.2) is 9.97 Å². The Kier molecular flexibility index (Phi) is 4.99. The summed E-state index contributed by atoms with van der Waals surface area (Å²) in [6.45, 7) is 3.11. The molecule has 8 heteroatoms. The Balaban J connectivity index is 1.54. The van der Waals surface area contributed by atoms with Gasteiger partial charge in [0.15, 0.2) is 0 Å². The summed E-state index contributed by atoms with van der Waals surface area (Å²) in [4.78, 5) is 16.6. The first-order valence-corrected chi connectivity index (χ1v) is 12.5. The smallest absolute Gasteiger partial charge is 0.228 e. The number of ether oxygens (including phenoxy) is 1. The van der Waals surface area contributed by atoms with Gasteiger partial charge in [-0.05, 0) is 43.0 Å². The number of hydrogen-bond acceptors (Lipinski definition) is 6. The summed E-state index contributed by atoms with van der Waals surface area (Å²) in [5, 5.41) is 1.65. The SMILES string of the molecule is Clc1cccc2c(-n3c(CC4CC4)nc4c(-c5ncco5)cc(N5CCOCC5)cc43)ccnc12. The van der Waals surface area contributed by atoms with Crippen molar-refractivity contribution in [2.24, 2.45) is 5.92 Å². The van der Waals surface area contributed by atoms with Gasteiger partial charge in [0.1, 0.15) is 17.6 Å². The van der Waals surface area contributed by atoms with Gasteiger partial charge in [-0.15, -0.1) is 0 Å². The number of benzene rings is 2. The Bertz CT molecular complexity index is 1530. The average molecular weight is 486 g/mol. The van der Waals surface area contributed by atoms with Crippen LogP contribution in [0, 0.1) is 5.92 Å². The molecule has 176 valence electrons. The number of halogens is 1. The zero-order valence-electron chi connectivity index (χ0n) is 19.2. The molecule has 1 aliphatic heterocycles. The molecule has 7 rings (SSSR count). The van der Waals surface area contributed by atoms with Crippen molar-refractivity contribution in [3.8, 4) is 17.1 Å². The number of morpholine rings is 1. The van der Waals surface area contributed by atoms with Crippen LogP contribution in [0.15, 0.2) is 59.5 Å². The van der Waals surface area contributed by atoms with Crippen molar-refractivity contribution in [3.05, 3.63) is 65.9 Å². The molecular formula is C27H24ClN5O2. The van der Waals surface area contributed by atoms with E-state index in [1.807, 2.05) is 18.3 Å². The van der Waals surface area contributed by atoms with Gasteiger partial charge in [-0.1, -0.05) is 23.7 Å². The van der Waals surface area contributed by atoms with Crippen LogP contribution < -0.4 is 4.90 Å². The predicted molar refractivity (Wildman–Crippen MR) is 136 cm³/mol. The minimum Gasteiger partial charge on any atom is -0.444 e. The van der Waals surface area contributed by atoms with Crippen LogP contribution in [0.3, 0.4) is 0 Å². The molecule has 0 unspecified atom stereocenters. The van der Waals surface area contributed by atoms with Gasteiger partial charge in [0.2, 0.25) is 5.89 Å². The fourth-order valence-corrected chi connectivity index (χ4v) is 5.26. The molecule has 7 nitrogen and oxygen atoms in total. The molecule has 0 spiro atoms. The van der Waals surface area contributed by atoms with Crippen molar-refractivity contribution in [1.82, 2.24) is 19.5 Å². The molecule has 2 aliphatic rings. The van der Waals surface area contributed by atoms with Crippen LogP contribution >= 0.6 is 11.6 Å². The summed E-state index contributed by atoms with van der Waals surface area (Å²) in [7, 11) is 0. The number of hydrogen-bond donors (Lipinski definition) is 0. The topological polar surface area (TPSA) is 69.2 Å². The van der Waals surface area contributed by atoms with Crippen molar-refractivity contribution in [2.75, 3.05) is 31.2 Å². The van der Waals surface area contributed by atoms with Crippen LogP contribution in [0.2, 0.25) is 5.02 Å². The maximum absolute atomic E-state index is 6.54. The third-order valence-electron chi connectivity index (χ3n) is 6.96. The van der Waals surface area contributed by atoms with E-state index >= 15 is 0 Å². The van der Waals surface area contributed by atoms with Crippen LogP contribution in [-0.2, 0) is 11.2 Å². The molecule has 0 bridgehead atoms. The lowest BCUT2D eigenvalue weighted by molar-refractivity contribution is 0.122. The quantitative estimate of drug-likeness (QED) is 0.319. The fourth-order valence-electron chi connectivity index (χ4n) is 5.04. The van der Waals surface area contributed by atoms with Crippen LogP contribution in [0.25, 0.3) is 39.1 Å². The Morgan fingerprint density at radius 3 is 2.69 bits per heavy atom. The first-order chi connectivity index (χ1) is 17.3. The van der Waals surface area contributed by atoms with E-state index in [0.29, 0.717) is 30.0 Å². The molecule has 1 saturated carbocycles. The van der Waals surface area contributed by atoms with Crippen molar-refractivity contribution in [1.29, 1.82) is 0 Å². The van der Waals surface area contributed by atoms with Gasteiger partial charge in [-0.3, -0.25) is 9.55 Å². The number of para-hydroxylation sites is 1. The Labute approximate surface area is 207 Å². The number of rotatable bonds is 5. The molecule has 5 aromatic rings. The molecule has 1 aliphatic carbocycles. The van der Waals surface area contributed by atoms with Crippen molar-refractivity contribution >= 4 is 39.2 Å². The number of aromatic nitrogens is 4. The van der Waals surface area contributed by atoms with E-state index < -0.39 is 0 Å². The molecule has 0 radical (unpaired) electrons. The summed E-state index contributed by atoms with van der Waals surface area (Å²) < 4.78 is 13.7. The van der Waals surface area contributed by atoms with Gasteiger partial charge in [0.25, 0.3) is 0 Å². The zero-order chi connectivity index (χ0) is 23.4. The van der Waals surface area contributed by atoms with Crippen molar-refractivity contribution in [3.63, 3.8) is 0 Å². The van der Waals surface area contributed by atoms with E-state index in [4.69, 9.17) is 25.7 Å². The highest BCUT2D eigenvalue weighted by Crippen LogP contribution is 2.39. The lowest BCUT2D eigenvalue weighted by Crippen LogP contribution is -2.36. The normalized spacial score (nSPS) is 16.4. The standard InChI is InChI=1S/C27H24ClN5O2/c28-21-3-1-2-19-22(6-7-29-25(19)21)33-23-16-18(32-9-12-34-13-10-32)15-20(27-30-8-11-35-27)26(23)31-24(33)14-17-4-5-17/h1-3,6-8,11,15-17H,4-5,9-10,12-14H2. The molecule has 3 aromatic heterocycles. The molecule has 4 heterocycles. The van der Waals surface area contributed by atoms with E-state index in [-0.39, 0.29) is 0 Å². The van der Waals surface area contributed by atoms with E-state index in [1.165, 1.54) is 12.8 Å². The molecule has 2 aromatic carbocycles. The number of oxazole rings is 1. The summed E-state index contributed by atoms with van der Waals surface area (Å²) in [6, 6.07) is 12.4. The van der Waals surface area contributed by atoms with Crippen LogP contribution in [0.5, 0.6) is 0 Å². The summed E-state index contributed by atoms with van der Waals surface area (Å²) in [5.74, 6) is 2.29. The maximum Gasteiger partial charge on any atom is 0.228 e. The molecule has 0 atom stereocenters. The molecule has 0 amide bonds. The number of fused-ring (bicyclic) bond motifs is 2. The second kappa shape index (κ2) is 8.36. The lowest BCUT2D eigenvalue weighted by atomic mass is 10.1. The Hall–Kier alpha value is -3.42. The van der Waals surface area contributed by atoms with Gasteiger partial charge >= 0.3 is 0 Å². The van der Waals surface area contributed by atoms with E-state index in [0.717, 1.165) is 64.2 Å². The largest absolute Gasteiger partial charge is 0.444 e. The highest BCUT2D eigenvalue weighted by atomic mass is 35.5. The molecule has 1 saturated heterocycles. The second-order valence-corrected chi connectivity index (χ2v) is 9.68. The fraction of sp³-hybridized carbons (Fsp3) is 0.296. The van der Waals surface area contributed by atoms with Crippen LogP contribution in [0.1, 0.15) is 18.7 Å². The predicted octanol–water partition coefficient (Wildman–Crippen LogP) is 5.67. The molecule has 35 heavy (non-hydrogen) atoms. The maximum atomic E-state index is 6.54. The highest BCUT2D eigenvalue weighted by Gasteiger charge is 2.28. The monoisotopic (exact) mass is 485 g/mol. The number of imidazole rings is 1. The zero-order valence-corrected chi connectivity index (χ0v) is 19.9. The van der Waals surface area contributed by atoms with E-state index in [1.54, 1.807) is 12.5 Å². The third kappa shape index (κ3) is 3.66. The minimum absolute atomic E-state index is 0.579. The summed E-state index contributed by atoms with van der Waals surface area (Å²) in [5.41, 5.74) is 5.78. The van der Waals surface area contributed by atoms with E-state index in [9.17, 15) is 0 Å². The highest BCUT2D eigenvalue weighted by molar-refractivity contribution is 6.35. The summed E-state index contributed by atoms with van der Waals surface area (Å²) >= 11 is 6.54. The first-order valence-electron chi connectivity index (χ1n) is 12.1. The molecule has 0 N–H and O–H groups in total. The molecule has 2 fully saturated rings. The minimum atomic E-state index is 0.579. The van der Waals surface area contributed by atoms with Gasteiger partial charge in [0, 0.05) is 36.8 Å². The molecular weight excluding hydrogens is 462 g/mol. The Morgan fingerprint density at radius 1 is 1.00 bits per heavy atom. The van der Waals surface area contributed by atoms with E-state index in [2.05, 4.69) is 43.7 Å². The van der Waals surface area contributed by atoms with Gasteiger partial charge in [0.05, 0.1) is 46.7 Å². The second-order valence-electron chi connectivity index (χ2n) is 9.27.